The Bertz CT molecular complexity index is 1000. The topological polar surface area (TPSA) is 196 Å². The van der Waals surface area contributed by atoms with Crippen LogP contribution in [0.25, 0.3) is 0 Å². The van der Waals surface area contributed by atoms with E-state index in [1.54, 1.807) is 11.9 Å². The van der Waals surface area contributed by atoms with Crippen LogP contribution in [0.2, 0.25) is 0 Å². The van der Waals surface area contributed by atoms with Gasteiger partial charge in [-0.15, -0.1) is 0 Å². The second-order valence-corrected chi connectivity index (χ2v) is 12.3. The number of amides is 4. The molecule has 4 amide bonds. The van der Waals surface area contributed by atoms with Crippen LogP contribution in [-0.4, -0.2) is 169 Å². The molecular weight excluding hydrogens is 610 g/mol. The van der Waals surface area contributed by atoms with E-state index in [0.29, 0.717) is 38.6 Å². The van der Waals surface area contributed by atoms with E-state index in [9.17, 15) is 32.3 Å². The Morgan fingerprint density at radius 2 is 1.42 bits per heavy atom. The highest BCUT2D eigenvalue weighted by Crippen LogP contribution is 2.18. The minimum atomic E-state index is -3.87. The minimum Gasteiger partial charge on any atom is -0.558 e. The van der Waals surface area contributed by atoms with Crippen molar-refractivity contribution in [3.8, 4) is 0 Å². The number of halogens is 1. The molecule has 2 rings (SSSR count). The average Bonchev–Trinajstić information content (AvgIpc) is 2.96. The third-order valence-corrected chi connectivity index (χ3v) is 8.48. The summed E-state index contributed by atoms with van der Waals surface area (Å²) in [5.74, 6) is -2.58. The molecule has 0 aromatic carbocycles. The Balaban J connectivity index is 1.72. The quantitative estimate of drug-likeness (QED) is 0.146. The van der Waals surface area contributed by atoms with Crippen LogP contribution < -0.4 is 21.7 Å². The van der Waals surface area contributed by atoms with Crippen LogP contribution in [-0.2, 0) is 36.3 Å². The molecule has 0 radical (unpaired) electrons. The van der Waals surface area contributed by atoms with Gasteiger partial charge in [-0.1, -0.05) is 6.92 Å². The lowest BCUT2D eigenvalue weighted by Gasteiger charge is -2.35. The van der Waals surface area contributed by atoms with Crippen molar-refractivity contribution < 1.29 is 39.9 Å². The molecule has 254 valence electrons. The summed E-state index contributed by atoms with van der Waals surface area (Å²) in [4.78, 5) is 78.9. The average molecular weight is 659 g/mol. The summed E-state index contributed by atoms with van der Waals surface area (Å²) in [6, 6.07) is 0. The lowest BCUT2D eigenvalue weighted by Crippen LogP contribution is -2.47. The normalized spacial score (nSPS) is 19.2. The fraction of sp³-hybridized carbons (Fsp3) is 0.778. The first-order chi connectivity index (χ1) is 21.4. The number of likely N-dealkylation sites (tertiary alicyclic amines) is 1. The van der Waals surface area contributed by atoms with Gasteiger partial charge in [0.05, 0.1) is 26.2 Å². The highest BCUT2D eigenvalue weighted by Gasteiger charge is 2.42. The largest absolute Gasteiger partial charge is 1.15 e. The van der Waals surface area contributed by atoms with E-state index in [4.69, 9.17) is 13.3 Å². The minimum absolute atomic E-state index is 0.0442. The molecule has 5 N–H and O–H groups in total. The summed E-state index contributed by atoms with van der Waals surface area (Å²) in [6.07, 6.45) is 1.87. The zero-order chi connectivity index (χ0) is 33.2. The number of nitrogens with one attached hydrogen (secondary N) is 3. The molecule has 0 aromatic heterocycles. The number of nitrogens with zero attached hydrogens (tertiary/aromatic N) is 4. The highest BCUT2D eigenvalue weighted by atomic mass is 27.3. The van der Waals surface area contributed by atoms with Crippen LogP contribution in [0.4, 0.5) is 3.52 Å². The zero-order valence-electron chi connectivity index (χ0n) is 26.4. The van der Waals surface area contributed by atoms with Gasteiger partial charge in [0, 0.05) is 58.7 Å². The van der Waals surface area contributed by atoms with Crippen LogP contribution in [0.1, 0.15) is 32.6 Å². The van der Waals surface area contributed by atoms with Crippen LogP contribution >= 0.6 is 0 Å². The first-order valence-electron chi connectivity index (χ1n) is 15.4. The van der Waals surface area contributed by atoms with E-state index >= 15 is 0 Å². The van der Waals surface area contributed by atoms with E-state index in [1.165, 1.54) is 0 Å². The van der Waals surface area contributed by atoms with Crippen molar-refractivity contribution in [1.82, 2.24) is 35.6 Å². The van der Waals surface area contributed by atoms with E-state index in [0.717, 1.165) is 32.5 Å². The van der Waals surface area contributed by atoms with Crippen LogP contribution in [0.3, 0.4) is 0 Å². The number of hydrogen-bond donors (Lipinski definition) is 4. The maximum atomic E-state index is 14.0. The SMILES string of the molecule is CCN1CCN(CC2CCN(CC(=O)NCC(=O)NCCC(=O)NCCC(N)=O)CC2)CCN(C)CC(=O)[O][Al]([F])[O]C(=O)C1. The summed E-state index contributed by atoms with van der Waals surface area (Å²) in [5, 5.41) is 7.70. The molecular formula is C27H48AlFN8O8. The van der Waals surface area contributed by atoms with Gasteiger partial charge < -0.3 is 37.7 Å². The van der Waals surface area contributed by atoms with Gasteiger partial charge in [0.2, 0.25) is 23.6 Å². The van der Waals surface area contributed by atoms with E-state index < -0.39 is 39.0 Å². The number of nitrogens with two attached hydrogens (primary N) is 1. The molecule has 18 heteroatoms. The molecule has 2 heterocycles. The van der Waals surface area contributed by atoms with Gasteiger partial charge in [-0.3, -0.25) is 43.5 Å². The Labute approximate surface area is 269 Å². The van der Waals surface area contributed by atoms with Crippen molar-refractivity contribution in [2.24, 2.45) is 11.7 Å². The molecule has 45 heavy (non-hydrogen) atoms. The number of primary amides is 1. The molecule has 2 fully saturated rings. The lowest BCUT2D eigenvalue weighted by atomic mass is 9.96. The Kier molecular flexibility index (Phi) is 17.9. The second kappa shape index (κ2) is 21.0. The zero-order valence-corrected chi connectivity index (χ0v) is 27.5. The highest BCUT2D eigenvalue weighted by molar-refractivity contribution is 6.41. The van der Waals surface area contributed by atoms with Crippen molar-refractivity contribution in [1.29, 1.82) is 0 Å². The van der Waals surface area contributed by atoms with Crippen molar-refractivity contribution in [3.05, 3.63) is 0 Å². The van der Waals surface area contributed by atoms with Gasteiger partial charge in [-0.25, -0.2) is 0 Å². The first kappa shape index (κ1) is 38.3. The fourth-order valence-electron chi connectivity index (χ4n) is 4.95. The van der Waals surface area contributed by atoms with Crippen LogP contribution in [0, 0.1) is 5.92 Å². The molecule has 0 spiro atoms. The first-order valence-corrected chi connectivity index (χ1v) is 16.8. The smallest absolute Gasteiger partial charge is 0.558 e. The lowest BCUT2D eigenvalue weighted by molar-refractivity contribution is -0.143. The number of carbonyl (C=O) groups excluding carboxylic acids is 6. The molecule has 0 aliphatic carbocycles. The standard InChI is InChI=1S/C27H50N8O8.Al.FH/c1-3-33(20-27(42)43)14-15-35(13-12-32(2)19-26(40)41)17-21-6-10-34(11-7-21)18-25(39)31-16-24(38)30-9-5-23(37)29-8-4-22(28)36;;/h21H,3-20H2,1-2H3,(H2,28,36)(H,29,37)(H,30,38)(H,31,39)(H,40,41)(H,42,43);;1H/q;+3;/p-3. The predicted molar refractivity (Wildman–Crippen MR) is 162 cm³/mol. The molecule has 0 aromatic rings. The number of rotatable bonds is 13. The van der Waals surface area contributed by atoms with Gasteiger partial charge in [-0.05, 0) is 45.4 Å². The number of hydrogen-bond acceptors (Lipinski definition) is 12. The molecule has 0 unspecified atom stereocenters. The third kappa shape index (κ3) is 17.4. The van der Waals surface area contributed by atoms with Crippen molar-refractivity contribution in [2.45, 2.75) is 32.6 Å². The van der Waals surface area contributed by atoms with Gasteiger partial charge in [0.1, 0.15) is 0 Å². The molecule has 0 bridgehead atoms. The molecule has 2 aliphatic rings. The van der Waals surface area contributed by atoms with E-state index in [-0.39, 0.29) is 63.9 Å². The maximum absolute atomic E-state index is 14.0. The van der Waals surface area contributed by atoms with Gasteiger partial charge in [-0.2, -0.15) is 0 Å². The van der Waals surface area contributed by atoms with Crippen molar-refractivity contribution >= 4 is 50.8 Å². The summed E-state index contributed by atoms with van der Waals surface area (Å²) in [7, 11) is 1.76. The van der Waals surface area contributed by atoms with Gasteiger partial charge >= 0.3 is 15.3 Å². The second-order valence-electron chi connectivity index (χ2n) is 11.3. The monoisotopic (exact) mass is 658 g/mol. The number of carbonyl (C=O) groups is 6. The van der Waals surface area contributed by atoms with E-state index in [2.05, 4.69) is 20.9 Å². The Morgan fingerprint density at radius 3 is 2.09 bits per heavy atom. The Morgan fingerprint density at radius 1 is 0.822 bits per heavy atom. The number of piperidine rings is 1. The molecule has 0 atom stereocenters. The Hall–Kier alpha value is -2.88. The van der Waals surface area contributed by atoms with Gasteiger partial charge in [0.15, 0.2) is 0 Å². The molecule has 0 saturated carbocycles. The van der Waals surface area contributed by atoms with Crippen LogP contribution in [0.15, 0.2) is 0 Å². The fourth-order valence-corrected chi connectivity index (χ4v) is 5.56. The molecule has 2 saturated heterocycles. The summed E-state index contributed by atoms with van der Waals surface area (Å²) >= 11 is -3.87. The summed E-state index contributed by atoms with van der Waals surface area (Å²) < 4.78 is 23.4. The predicted octanol–water partition coefficient (Wildman–Crippen LogP) is -3.08. The maximum Gasteiger partial charge on any atom is 1.15 e. The summed E-state index contributed by atoms with van der Waals surface area (Å²) in [6.45, 7) is 7.41. The van der Waals surface area contributed by atoms with Gasteiger partial charge in [0.25, 0.3) is 11.9 Å². The van der Waals surface area contributed by atoms with Crippen LogP contribution in [0.5, 0.6) is 0 Å². The molecule has 2 aliphatic heterocycles. The van der Waals surface area contributed by atoms with E-state index in [1.807, 2.05) is 16.7 Å². The molecule has 16 nitrogen and oxygen atoms in total. The number of likely N-dealkylation sites (N-methyl/N-ethyl adjacent to an activating group) is 2. The van der Waals surface area contributed by atoms with Crippen molar-refractivity contribution in [2.75, 3.05) is 98.7 Å². The summed E-state index contributed by atoms with van der Waals surface area (Å²) in [5.41, 5.74) is 5.01. The van der Waals surface area contributed by atoms with Crippen molar-refractivity contribution in [3.63, 3.8) is 0 Å². The third-order valence-electron chi connectivity index (χ3n) is 7.58.